The summed E-state index contributed by atoms with van der Waals surface area (Å²) in [7, 11) is 0. The van der Waals surface area contributed by atoms with Gasteiger partial charge in [-0.3, -0.25) is 4.57 Å². The smallest absolute Gasteiger partial charge is 0.146 e. The van der Waals surface area contributed by atoms with Crippen LogP contribution in [0.1, 0.15) is 11.3 Å². The fraction of sp³-hybridized carbons (Fsp3) is 0.143. The van der Waals surface area contributed by atoms with E-state index in [1.807, 2.05) is 52.7 Å². The van der Waals surface area contributed by atoms with Gasteiger partial charge < -0.3 is 5.73 Å². The van der Waals surface area contributed by atoms with E-state index in [1.165, 1.54) is 0 Å². The third-order valence-corrected chi connectivity index (χ3v) is 3.11. The molecule has 0 spiro atoms. The number of hydrogen-bond donors (Lipinski definition) is 1. The molecule has 0 unspecified atom stereocenters. The molecule has 3 rings (SSSR count). The first kappa shape index (κ1) is 11.7. The Morgan fingerprint density at radius 2 is 2.00 bits per heavy atom. The topological polar surface area (TPSA) is 61.7 Å². The molecule has 96 valence electrons. The molecule has 0 radical (unpaired) electrons. The van der Waals surface area contributed by atoms with Crippen molar-refractivity contribution in [1.82, 2.24) is 19.3 Å². The van der Waals surface area contributed by atoms with Crippen LogP contribution in [-0.2, 0) is 6.54 Å². The van der Waals surface area contributed by atoms with Crippen LogP contribution < -0.4 is 5.73 Å². The predicted molar refractivity (Wildman–Crippen MR) is 73.3 cm³/mol. The van der Waals surface area contributed by atoms with Gasteiger partial charge in [-0.25, -0.2) is 9.67 Å². The molecule has 0 fully saturated rings. The van der Waals surface area contributed by atoms with Gasteiger partial charge in [0.05, 0.1) is 11.4 Å². The van der Waals surface area contributed by atoms with Crippen molar-refractivity contribution < 1.29 is 0 Å². The van der Waals surface area contributed by atoms with E-state index in [4.69, 9.17) is 5.73 Å². The van der Waals surface area contributed by atoms with E-state index < -0.39 is 0 Å². The lowest BCUT2D eigenvalue weighted by Crippen LogP contribution is -2.07. The molecular weight excluding hydrogens is 238 g/mol. The first-order chi connectivity index (χ1) is 9.31. The maximum Gasteiger partial charge on any atom is 0.146 e. The van der Waals surface area contributed by atoms with Crippen molar-refractivity contribution in [2.75, 3.05) is 0 Å². The molecule has 2 aromatic heterocycles. The van der Waals surface area contributed by atoms with Gasteiger partial charge in [-0.05, 0) is 19.1 Å². The summed E-state index contributed by atoms with van der Waals surface area (Å²) < 4.78 is 3.84. The Balaban J connectivity index is 2.26. The number of aromatic nitrogens is 4. The van der Waals surface area contributed by atoms with Crippen molar-refractivity contribution in [2.45, 2.75) is 13.5 Å². The Morgan fingerprint density at radius 3 is 2.63 bits per heavy atom. The van der Waals surface area contributed by atoms with Crippen molar-refractivity contribution in [3.8, 4) is 11.5 Å². The van der Waals surface area contributed by atoms with Gasteiger partial charge in [0.2, 0.25) is 0 Å². The number of benzene rings is 1. The third-order valence-electron chi connectivity index (χ3n) is 3.11. The molecule has 2 heterocycles. The van der Waals surface area contributed by atoms with E-state index in [1.54, 1.807) is 12.5 Å². The lowest BCUT2D eigenvalue weighted by atomic mass is 10.2. The molecule has 0 atom stereocenters. The van der Waals surface area contributed by atoms with Gasteiger partial charge in [0, 0.05) is 24.5 Å². The van der Waals surface area contributed by atoms with Gasteiger partial charge in [0.1, 0.15) is 12.1 Å². The van der Waals surface area contributed by atoms with Crippen LogP contribution in [0, 0.1) is 6.92 Å². The molecule has 2 N–H and O–H groups in total. The molecule has 0 bridgehead atoms. The van der Waals surface area contributed by atoms with Crippen molar-refractivity contribution in [3.63, 3.8) is 0 Å². The maximum absolute atomic E-state index is 5.86. The lowest BCUT2D eigenvalue weighted by Gasteiger charge is -2.09. The highest BCUT2D eigenvalue weighted by molar-refractivity contribution is 5.45. The molecule has 1 aromatic carbocycles. The SMILES string of the molecule is Cc1nn(-c2ccccc2)c(-n2ccnc2)c1CN. The Morgan fingerprint density at radius 1 is 1.21 bits per heavy atom. The second kappa shape index (κ2) is 4.70. The van der Waals surface area contributed by atoms with E-state index in [0.717, 1.165) is 22.8 Å². The van der Waals surface area contributed by atoms with Crippen LogP contribution >= 0.6 is 0 Å². The highest BCUT2D eigenvalue weighted by atomic mass is 15.4. The van der Waals surface area contributed by atoms with E-state index >= 15 is 0 Å². The summed E-state index contributed by atoms with van der Waals surface area (Å²) in [5.41, 5.74) is 8.84. The van der Waals surface area contributed by atoms with Crippen LogP contribution in [-0.4, -0.2) is 19.3 Å². The average molecular weight is 253 g/mol. The predicted octanol–water partition coefficient (Wildman–Crippen LogP) is 1.83. The number of imidazole rings is 1. The minimum atomic E-state index is 0.451. The zero-order chi connectivity index (χ0) is 13.2. The zero-order valence-electron chi connectivity index (χ0n) is 10.7. The van der Waals surface area contributed by atoms with Gasteiger partial charge >= 0.3 is 0 Å². The standard InChI is InChI=1S/C14H15N5/c1-11-13(9-15)14(18-8-7-16-10-18)19(17-11)12-5-3-2-4-6-12/h2-8,10H,9,15H2,1H3. The van der Waals surface area contributed by atoms with Gasteiger partial charge in [0.25, 0.3) is 0 Å². The van der Waals surface area contributed by atoms with Crippen LogP contribution in [0.25, 0.3) is 11.5 Å². The molecule has 0 saturated carbocycles. The molecule has 5 heteroatoms. The molecule has 0 amide bonds. The van der Waals surface area contributed by atoms with Crippen molar-refractivity contribution >= 4 is 0 Å². The molecule has 5 nitrogen and oxygen atoms in total. The van der Waals surface area contributed by atoms with Gasteiger partial charge in [-0.2, -0.15) is 5.10 Å². The second-order valence-electron chi connectivity index (χ2n) is 4.31. The van der Waals surface area contributed by atoms with Crippen molar-refractivity contribution in [3.05, 3.63) is 60.3 Å². The third kappa shape index (κ3) is 1.94. The Kier molecular flexibility index (Phi) is 2.89. The lowest BCUT2D eigenvalue weighted by molar-refractivity contribution is 0.809. The first-order valence-corrected chi connectivity index (χ1v) is 6.13. The summed E-state index contributed by atoms with van der Waals surface area (Å²) in [5.74, 6) is 0.948. The Hall–Kier alpha value is -2.40. The van der Waals surface area contributed by atoms with Crippen LogP contribution in [0.5, 0.6) is 0 Å². The highest BCUT2D eigenvalue weighted by Gasteiger charge is 2.16. The summed E-state index contributed by atoms with van der Waals surface area (Å²) in [5, 5.41) is 4.60. The Bertz CT molecular complexity index is 667. The quantitative estimate of drug-likeness (QED) is 0.774. The Labute approximate surface area is 111 Å². The summed E-state index contributed by atoms with van der Waals surface area (Å²) in [6.07, 6.45) is 5.40. The van der Waals surface area contributed by atoms with Crippen molar-refractivity contribution in [1.29, 1.82) is 0 Å². The fourth-order valence-electron chi connectivity index (χ4n) is 2.19. The first-order valence-electron chi connectivity index (χ1n) is 6.13. The van der Waals surface area contributed by atoms with Gasteiger partial charge in [-0.15, -0.1) is 0 Å². The van der Waals surface area contributed by atoms with Crippen LogP contribution in [0.4, 0.5) is 0 Å². The summed E-state index contributed by atoms with van der Waals surface area (Å²) in [6, 6.07) is 10.0. The van der Waals surface area contributed by atoms with Crippen LogP contribution in [0.15, 0.2) is 49.1 Å². The number of aryl methyl sites for hydroxylation is 1. The molecule has 0 aliphatic heterocycles. The molecule has 0 saturated heterocycles. The monoisotopic (exact) mass is 253 g/mol. The number of nitrogens with two attached hydrogens (primary N) is 1. The van der Waals surface area contributed by atoms with Crippen LogP contribution in [0.2, 0.25) is 0 Å². The van der Waals surface area contributed by atoms with E-state index in [9.17, 15) is 0 Å². The molecular formula is C14H15N5. The van der Waals surface area contributed by atoms with Gasteiger partial charge in [0.15, 0.2) is 0 Å². The summed E-state index contributed by atoms with van der Waals surface area (Å²) >= 11 is 0. The average Bonchev–Trinajstić information content (AvgIpc) is 3.06. The molecule has 0 aliphatic rings. The molecule has 19 heavy (non-hydrogen) atoms. The maximum atomic E-state index is 5.86. The summed E-state index contributed by atoms with van der Waals surface area (Å²) in [6.45, 7) is 2.42. The highest BCUT2D eigenvalue weighted by Crippen LogP contribution is 2.21. The number of para-hydroxylation sites is 1. The largest absolute Gasteiger partial charge is 0.326 e. The normalized spacial score (nSPS) is 10.8. The minimum Gasteiger partial charge on any atom is -0.326 e. The van der Waals surface area contributed by atoms with E-state index in [2.05, 4.69) is 10.1 Å². The molecule has 3 aromatic rings. The number of hydrogen-bond acceptors (Lipinski definition) is 3. The molecule has 0 aliphatic carbocycles. The zero-order valence-corrected chi connectivity index (χ0v) is 10.7. The summed E-state index contributed by atoms with van der Waals surface area (Å²) in [4.78, 5) is 4.10. The van der Waals surface area contributed by atoms with Crippen molar-refractivity contribution in [2.24, 2.45) is 5.73 Å². The van der Waals surface area contributed by atoms with E-state index in [-0.39, 0.29) is 0 Å². The van der Waals surface area contributed by atoms with Crippen LogP contribution in [0.3, 0.4) is 0 Å². The van der Waals surface area contributed by atoms with Gasteiger partial charge in [-0.1, -0.05) is 18.2 Å². The number of rotatable bonds is 3. The fourth-order valence-corrected chi connectivity index (χ4v) is 2.19. The number of nitrogens with zero attached hydrogens (tertiary/aromatic N) is 4. The minimum absolute atomic E-state index is 0.451. The second-order valence-corrected chi connectivity index (χ2v) is 4.31. The van der Waals surface area contributed by atoms with E-state index in [0.29, 0.717) is 6.54 Å².